The maximum atomic E-state index is 11.4. The maximum Gasteiger partial charge on any atom is 0.248 e. The molecular formula is C12H14N2O3. The van der Waals surface area contributed by atoms with Crippen LogP contribution < -0.4 is 11.1 Å². The standard InChI is InChI=1S/C12H14N2O3/c1-8(15)2-7-11(16)14-10-5-3-9(4-6-10)12(13)17/h3-6H,2,7H2,1H3,(H2,13,17)(H,14,16). The summed E-state index contributed by atoms with van der Waals surface area (Å²) in [7, 11) is 0. The lowest BCUT2D eigenvalue weighted by Gasteiger charge is -2.04. The first-order chi connectivity index (χ1) is 7.99. The lowest BCUT2D eigenvalue weighted by Crippen LogP contribution is -2.13. The summed E-state index contributed by atoms with van der Waals surface area (Å²) < 4.78 is 0. The minimum absolute atomic E-state index is 0.0239. The molecule has 0 heterocycles. The molecule has 0 spiro atoms. The van der Waals surface area contributed by atoms with Crippen LogP contribution in [0.4, 0.5) is 5.69 Å². The van der Waals surface area contributed by atoms with Gasteiger partial charge in [0.2, 0.25) is 11.8 Å². The van der Waals surface area contributed by atoms with E-state index < -0.39 is 5.91 Å². The normalized spacial score (nSPS) is 9.71. The third kappa shape index (κ3) is 4.46. The van der Waals surface area contributed by atoms with Gasteiger partial charge in [0.1, 0.15) is 5.78 Å². The molecule has 1 rings (SSSR count). The van der Waals surface area contributed by atoms with Crippen molar-refractivity contribution in [3.05, 3.63) is 29.8 Å². The first-order valence-electron chi connectivity index (χ1n) is 5.18. The van der Waals surface area contributed by atoms with E-state index in [2.05, 4.69) is 5.32 Å². The molecule has 0 radical (unpaired) electrons. The number of ketones is 1. The Labute approximate surface area is 99.0 Å². The highest BCUT2D eigenvalue weighted by Gasteiger charge is 2.05. The van der Waals surface area contributed by atoms with Gasteiger partial charge in [-0.1, -0.05) is 0 Å². The summed E-state index contributed by atoms with van der Waals surface area (Å²) >= 11 is 0. The number of benzene rings is 1. The fourth-order valence-corrected chi connectivity index (χ4v) is 1.23. The summed E-state index contributed by atoms with van der Waals surface area (Å²) in [4.78, 5) is 32.9. The number of nitrogens with two attached hydrogens (primary N) is 1. The molecule has 0 atom stereocenters. The van der Waals surface area contributed by atoms with E-state index in [0.29, 0.717) is 11.3 Å². The van der Waals surface area contributed by atoms with E-state index in [1.807, 2.05) is 0 Å². The second-order valence-electron chi connectivity index (χ2n) is 3.69. The van der Waals surface area contributed by atoms with Crippen molar-refractivity contribution in [3.63, 3.8) is 0 Å². The molecule has 0 aliphatic rings. The zero-order chi connectivity index (χ0) is 12.8. The van der Waals surface area contributed by atoms with Crippen molar-refractivity contribution < 1.29 is 14.4 Å². The van der Waals surface area contributed by atoms with Crippen LogP contribution >= 0.6 is 0 Å². The van der Waals surface area contributed by atoms with Gasteiger partial charge in [0.15, 0.2) is 0 Å². The Kier molecular flexibility index (Phi) is 4.39. The van der Waals surface area contributed by atoms with Gasteiger partial charge >= 0.3 is 0 Å². The Morgan fingerprint density at radius 1 is 1.12 bits per heavy atom. The van der Waals surface area contributed by atoms with Crippen LogP contribution in [0.25, 0.3) is 0 Å². The quantitative estimate of drug-likeness (QED) is 0.799. The number of rotatable bonds is 5. The van der Waals surface area contributed by atoms with Crippen molar-refractivity contribution in [2.24, 2.45) is 5.73 Å². The van der Waals surface area contributed by atoms with E-state index >= 15 is 0 Å². The van der Waals surface area contributed by atoms with Crippen LogP contribution in [0, 0.1) is 0 Å². The number of anilines is 1. The molecule has 0 aromatic heterocycles. The largest absolute Gasteiger partial charge is 0.366 e. The van der Waals surface area contributed by atoms with E-state index in [4.69, 9.17) is 5.73 Å². The zero-order valence-electron chi connectivity index (χ0n) is 9.53. The molecule has 90 valence electrons. The molecule has 2 amide bonds. The van der Waals surface area contributed by atoms with Gasteiger partial charge in [-0.15, -0.1) is 0 Å². The van der Waals surface area contributed by atoms with E-state index in [0.717, 1.165) is 0 Å². The minimum atomic E-state index is -0.514. The molecule has 0 saturated heterocycles. The number of nitrogens with one attached hydrogen (secondary N) is 1. The van der Waals surface area contributed by atoms with Crippen LogP contribution in [0.15, 0.2) is 24.3 Å². The van der Waals surface area contributed by atoms with Crippen LogP contribution in [0.2, 0.25) is 0 Å². The number of carbonyl (C=O) groups excluding carboxylic acids is 3. The summed E-state index contributed by atoms with van der Waals surface area (Å²) in [5, 5.41) is 2.62. The van der Waals surface area contributed by atoms with Gasteiger partial charge in [-0.25, -0.2) is 0 Å². The molecule has 5 nitrogen and oxygen atoms in total. The van der Waals surface area contributed by atoms with Crippen LogP contribution in [-0.2, 0) is 9.59 Å². The lowest BCUT2D eigenvalue weighted by atomic mass is 10.2. The third-order valence-electron chi connectivity index (χ3n) is 2.16. The number of amides is 2. The fraction of sp³-hybridized carbons (Fsp3) is 0.250. The molecule has 0 aliphatic carbocycles. The van der Waals surface area contributed by atoms with Gasteiger partial charge in [0.05, 0.1) is 0 Å². The highest BCUT2D eigenvalue weighted by molar-refractivity contribution is 5.95. The molecule has 0 unspecified atom stereocenters. The minimum Gasteiger partial charge on any atom is -0.366 e. The van der Waals surface area contributed by atoms with Crippen molar-refractivity contribution in [3.8, 4) is 0 Å². The van der Waals surface area contributed by atoms with Gasteiger partial charge in [0, 0.05) is 24.1 Å². The summed E-state index contributed by atoms with van der Waals surface area (Å²) in [5.74, 6) is -0.768. The highest BCUT2D eigenvalue weighted by atomic mass is 16.2. The van der Waals surface area contributed by atoms with Crippen molar-refractivity contribution in [1.82, 2.24) is 0 Å². The molecule has 0 aliphatic heterocycles. The van der Waals surface area contributed by atoms with Crippen LogP contribution in [0.5, 0.6) is 0 Å². The molecule has 5 heteroatoms. The Morgan fingerprint density at radius 2 is 1.71 bits per heavy atom. The Bertz CT molecular complexity index is 438. The van der Waals surface area contributed by atoms with Crippen molar-refractivity contribution in [1.29, 1.82) is 0 Å². The zero-order valence-corrected chi connectivity index (χ0v) is 9.53. The van der Waals surface area contributed by atoms with Crippen molar-refractivity contribution in [2.45, 2.75) is 19.8 Å². The first kappa shape index (κ1) is 12.9. The number of Topliss-reactive ketones (excluding diaryl/α,β-unsaturated/α-hetero) is 1. The van der Waals surface area contributed by atoms with E-state index in [1.54, 1.807) is 12.1 Å². The van der Waals surface area contributed by atoms with Crippen LogP contribution in [0.1, 0.15) is 30.1 Å². The topological polar surface area (TPSA) is 89.3 Å². The molecule has 0 fully saturated rings. The lowest BCUT2D eigenvalue weighted by molar-refractivity contribution is -0.121. The second-order valence-corrected chi connectivity index (χ2v) is 3.69. The summed E-state index contributed by atoms with van der Waals surface area (Å²) in [6, 6.07) is 6.24. The molecule has 0 saturated carbocycles. The summed E-state index contributed by atoms with van der Waals surface area (Å²) in [5.41, 5.74) is 6.04. The molecule has 1 aromatic carbocycles. The number of carbonyl (C=O) groups is 3. The van der Waals surface area contributed by atoms with Gasteiger partial charge in [-0.05, 0) is 31.2 Å². The van der Waals surface area contributed by atoms with Crippen molar-refractivity contribution >= 4 is 23.3 Å². The molecule has 3 N–H and O–H groups in total. The Hall–Kier alpha value is -2.17. The van der Waals surface area contributed by atoms with Crippen LogP contribution in [0.3, 0.4) is 0 Å². The monoisotopic (exact) mass is 234 g/mol. The van der Waals surface area contributed by atoms with Gasteiger partial charge in [0.25, 0.3) is 0 Å². The smallest absolute Gasteiger partial charge is 0.248 e. The number of hydrogen-bond acceptors (Lipinski definition) is 3. The summed E-state index contributed by atoms with van der Waals surface area (Å²) in [6.45, 7) is 1.44. The van der Waals surface area contributed by atoms with Gasteiger partial charge < -0.3 is 15.8 Å². The Balaban J connectivity index is 2.54. The molecule has 17 heavy (non-hydrogen) atoms. The molecule has 1 aromatic rings. The van der Waals surface area contributed by atoms with Gasteiger partial charge in [-0.2, -0.15) is 0 Å². The Morgan fingerprint density at radius 3 is 2.18 bits per heavy atom. The average molecular weight is 234 g/mol. The predicted octanol–water partition coefficient (Wildman–Crippen LogP) is 1.09. The van der Waals surface area contributed by atoms with E-state index in [-0.39, 0.29) is 24.5 Å². The average Bonchev–Trinajstić information content (AvgIpc) is 2.27. The SMILES string of the molecule is CC(=O)CCC(=O)Nc1ccc(C(N)=O)cc1. The summed E-state index contributed by atoms with van der Waals surface area (Å²) in [6.07, 6.45) is 0.387. The fourth-order valence-electron chi connectivity index (χ4n) is 1.23. The first-order valence-corrected chi connectivity index (χ1v) is 5.18. The van der Waals surface area contributed by atoms with E-state index in [9.17, 15) is 14.4 Å². The highest BCUT2D eigenvalue weighted by Crippen LogP contribution is 2.09. The second kappa shape index (κ2) is 5.79. The van der Waals surface area contributed by atoms with E-state index in [1.165, 1.54) is 19.1 Å². The van der Waals surface area contributed by atoms with Gasteiger partial charge in [-0.3, -0.25) is 9.59 Å². The number of hydrogen-bond donors (Lipinski definition) is 2. The van der Waals surface area contributed by atoms with Crippen molar-refractivity contribution in [2.75, 3.05) is 5.32 Å². The number of primary amides is 1. The molecular weight excluding hydrogens is 220 g/mol. The maximum absolute atomic E-state index is 11.4. The third-order valence-corrected chi connectivity index (χ3v) is 2.16. The predicted molar refractivity (Wildman–Crippen MR) is 63.5 cm³/mol. The molecule has 0 bridgehead atoms. The van der Waals surface area contributed by atoms with Crippen LogP contribution in [-0.4, -0.2) is 17.6 Å².